The number of carbonyl (C=O) groups excluding carboxylic acids is 3. The summed E-state index contributed by atoms with van der Waals surface area (Å²) in [5.74, 6) is -1.18. The van der Waals surface area contributed by atoms with Gasteiger partial charge in [-0.1, -0.05) is 41.9 Å². The molecule has 6 rings (SSSR count). The van der Waals surface area contributed by atoms with Gasteiger partial charge < -0.3 is 29.3 Å². The molecule has 13 heteroatoms. The Morgan fingerprint density at radius 2 is 1.63 bits per heavy atom. The van der Waals surface area contributed by atoms with Crippen LogP contribution in [-0.4, -0.2) is 66.2 Å². The van der Waals surface area contributed by atoms with E-state index in [4.69, 9.17) is 21.1 Å². The molecule has 1 N–H and O–H groups in total. The summed E-state index contributed by atoms with van der Waals surface area (Å²) in [5.41, 5.74) is 2.46. The van der Waals surface area contributed by atoms with Crippen molar-refractivity contribution in [3.8, 4) is 5.75 Å². The minimum atomic E-state index is -4.62. The van der Waals surface area contributed by atoms with Gasteiger partial charge in [-0.25, -0.2) is 0 Å². The summed E-state index contributed by atoms with van der Waals surface area (Å²) in [6.07, 6.45) is -1.49. The summed E-state index contributed by atoms with van der Waals surface area (Å²) in [5, 5.41) is 9.92. The van der Waals surface area contributed by atoms with Gasteiger partial charge in [-0.3, -0.25) is 14.4 Å². The molecule has 2 aliphatic heterocycles. The maximum absolute atomic E-state index is 15.0. The highest BCUT2D eigenvalue weighted by molar-refractivity contribution is 6.30. The Labute approximate surface area is 335 Å². The van der Waals surface area contributed by atoms with Gasteiger partial charge in [0.2, 0.25) is 5.91 Å². The van der Waals surface area contributed by atoms with Gasteiger partial charge in [0.25, 0.3) is 5.91 Å². The Bertz CT molecular complexity index is 2040. The number of alkyl halides is 3. The second-order valence-corrected chi connectivity index (χ2v) is 14.6. The first-order valence-electron chi connectivity index (χ1n) is 18.9. The van der Waals surface area contributed by atoms with Gasteiger partial charge in [0.05, 0.1) is 30.7 Å². The van der Waals surface area contributed by atoms with Crippen molar-refractivity contribution in [3.05, 3.63) is 136 Å². The monoisotopic (exact) mass is 803 g/mol. The second-order valence-electron chi connectivity index (χ2n) is 14.2. The van der Waals surface area contributed by atoms with E-state index in [2.05, 4.69) is 11.5 Å². The zero-order chi connectivity index (χ0) is 40.7. The Morgan fingerprint density at radius 3 is 2.25 bits per heavy atom. The molecule has 2 aliphatic rings. The molecule has 0 bridgehead atoms. The molecule has 0 spiro atoms. The minimum absolute atomic E-state index is 0.00830. The first-order chi connectivity index (χ1) is 27.4. The van der Waals surface area contributed by atoms with Crippen LogP contribution in [0.4, 0.5) is 24.5 Å². The number of aliphatic hydroxyl groups is 1. The zero-order valence-corrected chi connectivity index (χ0v) is 32.3. The number of ether oxygens (including phenoxy) is 2. The lowest BCUT2D eigenvalue weighted by Gasteiger charge is -2.39. The van der Waals surface area contributed by atoms with Crippen LogP contribution in [0.25, 0.3) is 0 Å². The summed E-state index contributed by atoms with van der Waals surface area (Å²) >= 11 is 6.15. The van der Waals surface area contributed by atoms with Gasteiger partial charge in [-0.2, -0.15) is 13.2 Å². The minimum Gasteiger partial charge on any atom is -0.493 e. The van der Waals surface area contributed by atoms with E-state index >= 15 is 0 Å². The summed E-state index contributed by atoms with van der Waals surface area (Å²) in [7, 11) is 0. The van der Waals surface area contributed by atoms with Crippen molar-refractivity contribution in [2.75, 3.05) is 36.1 Å². The van der Waals surface area contributed by atoms with E-state index in [1.54, 1.807) is 53.4 Å². The smallest absolute Gasteiger partial charge is 0.416 e. The summed E-state index contributed by atoms with van der Waals surface area (Å²) in [4.78, 5) is 47.7. The fraction of sp³-hybridized carbons (Fsp3) is 0.341. The Hall–Kier alpha value is -5.33. The van der Waals surface area contributed by atoms with Crippen LogP contribution in [0.1, 0.15) is 71.3 Å². The van der Waals surface area contributed by atoms with Crippen LogP contribution in [0, 0.1) is 0 Å². The van der Waals surface area contributed by atoms with Gasteiger partial charge in [0.1, 0.15) is 11.9 Å². The van der Waals surface area contributed by atoms with Crippen molar-refractivity contribution < 1.29 is 42.1 Å². The first kappa shape index (κ1) is 41.3. The molecule has 0 saturated carbocycles. The van der Waals surface area contributed by atoms with Crippen LogP contribution >= 0.6 is 11.6 Å². The zero-order valence-electron chi connectivity index (χ0n) is 31.6. The molecule has 2 amide bonds. The lowest BCUT2D eigenvalue weighted by molar-refractivity contribution is -0.148. The van der Waals surface area contributed by atoms with Crippen molar-refractivity contribution in [1.29, 1.82) is 0 Å². The van der Waals surface area contributed by atoms with Crippen LogP contribution in [0.2, 0.25) is 5.02 Å². The number of halogens is 4. The second kappa shape index (κ2) is 18.3. The molecular formula is C44H45ClF3N3O6. The number of nitrogens with zero attached hydrogens (tertiary/aromatic N) is 3. The number of benzene rings is 4. The van der Waals surface area contributed by atoms with Gasteiger partial charge in [0.15, 0.2) is 0 Å². The maximum Gasteiger partial charge on any atom is 0.416 e. The third-order valence-electron chi connectivity index (χ3n) is 10.2. The fourth-order valence-corrected chi connectivity index (χ4v) is 7.71. The fourth-order valence-electron chi connectivity index (χ4n) is 7.59. The molecule has 3 atom stereocenters. The van der Waals surface area contributed by atoms with Gasteiger partial charge in [-0.05, 0) is 90.7 Å². The number of amides is 2. The van der Waals surface area contributed by atoms with Gasteiger partial charge in [-0.15, -0.1) is 6.58 Å². The standard InChI is InChI=1S/C44H45ClF3N3O6/c1-3-7-39(57-29(2)53)42-41(37-27-36(56-25-6-24-52)20-21-38(37)51(42)40(54)26-30-8-16-34(45)17-9-30)50(43(55)32-12-14-33(15-13-32)44(46,47)48)28-31-10-18-35(19-11-31)49-22-4-5-23-49/h3,8-21,27,39,41-42,52H,1,4-7,22-26,28H2,2H3/t39?,41-,42+/m0/s1. The average Bonchev–Trinajstić information content (AvgIpc) is 3.85. The number of aliphatic hydroxyl groups excluding tert-OH is 1. The number of esters is 1. The van der Waals surface area contributed by atoms with Crippen molar-refractivity contribution in [2.24, 2.45) is 0 Å². The van der Waals surface area contributed by atoms with Crippen LogP contribution in [0.5, 0.6) is 5.75 Å². The molecule has 4 aromatic rings. The molecule has 4 aromatic carbocycles. The van der Waals surface area contributed by atoms with Crippen LogP contribution < -0.4 is 14.5 Å². The Kier molecular flexibility index (Phi) is 13.3. The van der Waals surface area contributed by atoms with E-state index in [0.717, 1.165) is 61.4 Å². The molecule has 1 fully saturated rings. The predicted molar refractivity (Wildman–Crippen MR) is 212 cm³/mol. The third kappa shape index (κ3) is 9.80. The molecule has 0 aromatic heterocycles. The van der Waals surface area contributed by atoms with Gasteiger partial charge in [0, 0.05) is 73.5 Å². The molecule has 300 valence electrons. The van der Waals surface area contributed by atoms with Crippen LogP contribution in [-0.2, 0) is 33.5 Å². The number of rotatable bonds is 15. The van der Waals surface area contributed by atoms with E-state index in [9.17, 15) is 32.7 Å². The molecular weight excluding hydrogens is 759 g/mol. The van der Waals surface area contributed by atoms with Gasteiger partial charge >= 0.3 is 12.1 Å². The molecule has 2 heterocycles. The summed E-state index contributed by atoms with van der Waals surface area (Å²) in [6.45, 7) is 7.09. The maximum atomic E-state index is 15.0. The number of hydrogen-bond donors (Lipinski definition) is 1. The molecule has 0 aliphatic carbocycles. The molecule has 1 unspecified atom stereocenters. The highest BCUT2D eigenvalue weighted by atomic mass is 35.5. The topological polar surface area (TPSA) is 99.6 Å². The number of fused-ring (bicyclic) bond motifs is 1. The van der Waals surface area contributed by atoms with Crippen LogP contribution in [0.3, 0.4) is 0 Å². The average molecular weight is 804 g/mol. The Balaban J connectivity index is 1.52. The largest absolute Gasteiger partial charge is 0.493 e. The van der Waals surface area contributed by atoms with E-state index in [1.165, 1.54) is 11.8 Å². The number of hydrogen-bond acceptors (Lipinski definition) is 7. The normalized spacial score (nSPS) is 16.9. The van der Waals surface area contributed by atoms with Crippen LogP contribution in [0.15, 0.2) is 104 Å². The lowest BCUT2D eigenvalue weighted by atomic mass is 9.93. The number of anilines is 2. The van der Waals surface area contributed by atoms with Crippen molar-refractivity contribution >= 4 is 40.8 Å². The predicted octanol–water partition coefficient (Wildman–Crippen LogP) is 8.57. The number of carbonyl (C=O) groups is 3. The first-order valence-corrected chi connectivity index (χ1v) is 19.3. The van der Waals surface area contributed by atoms with Crippen molar-refractivity contribution in [2.45, 2.75) is 69.9 Å². The van der Waals surface area contributed by atoms with E-state index in [1.807, 2.05) is 24.3 Å². The lowest BCUT2D eigenvalue weighted by Crippen LogP contribution is -2.53. The quantitative estimate of drug-likeness (QED) is 0.0731. The SMILES string of the molecule is C=CCC(OC(C)=O)[C@@H]1[C@@H](N(Cc2ccc(N3CCCC3)cc2)C(=O)c2ccc(C(F)(F)F)cc2)c2cc(OCCCO)ccc2N1C(=O)Cc1ccc(Cl)cc1. The highest BCUT2D eigenvalue weighted by Gasteiger charge is 2.50. The summed E-state index contributed by atoms with van der Waals surface area (Å²) in [6, 6.07) is 21.7. The van der Waals surface area contributed by atoms with E-state index in [0.29, 0.717) is 34.0 Å². The molecule has 57 heavy (non-hydrogen) atoms. The highest BCUT2D eigenvalue weighted by Crippen LogP contribution is 2.48. The van der Waals surface area contributed by atoms with E-state index < -0.39 is 41.8 Å². The molecule has 0 radical (unpaired) electrons. The van der Waals surface area contributed by atoms with Crippen molar-refractivity contribution in [3.63, 3.8) is 0 Å². The van der Waals surface area contributed by atoms with Crippen molar-refractivity contribution in [1.82, 2.24) is 4.90 Å². The summed E-state index contributed by atoms with van der Waals surface area (Å²) < 4.78 is 52.9. The molecule has 1 saturated heterocycles. The Morgan fingerprint density at radius 1 is 0.965 bits per heavy atom. The van der Waals surface area contributed by atoms with E-state index in [-0.39, 0.29) is 44.1 Å². The molecule has 9 nitrogen and oxygen atoms in total. The third-order valence-corrected chi connectivity index (χ3v) is 10.5.